The molecule has 0 unspecified atom stereocenters. The van der Waals surface area contributed by atoms with Gasteiger partial charge in [0, 0.05) is 68.0 Å². The second-order valence-electron chi connectivity index (χ2n) is 15.0. The molecule has 2 aromatic heterocycles. The fraction of sp³-hybridized carbons (Fsp3) is 0.450. The Balaban J connectivity index is 1.05. The normalized spacial score (nSPS) is 25.6. The summed E-state index contributed by atoms with van der Waals surface area (Å²) in [5.74, 6) is 1.80. The lowest BCUT2D eigenvalue weighted by molar-refractivity contribution is 0.0139. The number of hydrogen-bond donors (Lipinski definition) is 1. The van der Waals surface area contributed by atoms with Crippen molar-refractivity contribution in [2.75, 3.05) is 64.1 Å². The number of rotatable bonds is 7. The number of benzene rings is 2. The van der Waals surface area contributed by atoms with E-state index in [-0.39, 0.29) is 53.7 Å². The van der Waals surface area contributed by atoms with Crippen LogP contribution >= 0.6 is 0 Å². The number of anilines is 1. The molecular formula is C40H41F2N7O4. The summed E-state index contributed by atoms with van der Waals surface area (Å²) in [5, 5.41) is 5.21. The van der Waals surface area contributed by atoms with Crippen molar-refractivity contribution in [2.24, 2.45) is 0 Å². The highest BCUT2D eigenvalue weighted by atomic mass is 19.1. The van der Waals surface area contributed by atoms with Crippen molar-refractivity contribution in [2.45, 2.75) is 55.8 Å². The number of nitrogens with zero attached hydrogens (tertiary/aromatic N) is 6. The van der Waals surface area contributed by atoms with Crippen LogP contribution in [0.3, 0.4) is 0 Å². The van der Waals surface area contributed by atoms with E-state index in [0.29, 0.717) is 85.6 Å². The number of terminal acetylenes is 1. The molecule has 1 N–H and O–H groups in total. The largest absolute Gasteiger partial charge is 0.461 e. The fourth-order valence-corrected chi connectivity index (χ4v) is 9.13. The zero-order valence-electron chi connectivity index (χ0n) is 29.5. The fourth-order valence-electron chi connectivity index (χ4n) is 9.13. The van der Waals surface area contributed by atoms with Crippen molar-refractivity contribution in [3.8, 4) is 29.6 Å². The van der Waals surface area contributed by atoms with Gasteiger partial charge >= 0.3 is 12.1 Å². The molecule has 274 valence electrons. The summed E-state index contributed by atoms with van der Waals surface area (Å²) in [7, 11) is 0. The van der Waals surface area contributed by atoms with E-state index in [4.69, 9.17) is 30.6 Å². The lowest BCUT2D eigenvalue weighted by atomic mass is 9.94. The van der Waals surface area contributed by atoms with Crippen LogP contribution < -0.4 is 15.0 Å². The molecule has 2 aromatic carbocycles. The summed E-state index contributed by atoms with van der Waals surface area (Å²) in [6.45, 7) is 8.99. The Kier molecular flexibility index (Phi) is 8.64. The Bertz CT molecular complexity index is 2160. The lowest BCUT2D eigenvalue weighted by Gasteiger charge is -2.35. The van der Waals surface area contributed by atoms with Crippen LogP contribution in [0.2, 0.25) is 0 Å². The zero-order chi connectivity index (χ0) is 36.3. The summed E-state index contributed by atoms with van der Waals surface area (Å²) in [6, 6.07) is 8.91. The molecule has 13 heteroatoms. The predicted octanol–water partition coefficient (Wildman–Crippen LogP) is 5.06. The van der Waals surface area contributed by atoms with Crippen molar-refractivity contribution in [3.63, 3.8) is 0 Å². The first-order chi connectivity index (χ1) is 25.8. The maximum absolute atomic E-state index is 17.0. The van der Waals surface area contributed by atoms with Crippen LogP contribution in [0, 0.1) is 24.0 Å². The van der Waals surface area contributed by atoms with Crippen LogP contribution in [0.5, 0.6) is 6.01 Å². The van der Waals surface area contributed by atoms with Gasteiger partial charge in [-0.2, -0.15) is 9.97 Å². The Morgan fingerprint density at radius 3 is 2.72 bits per heavy atom. The first-order valence-corrected chi connectivity index (χ1v) is 18.4. The van der Waals surface area contributed by atoms with Gasteiger partial charge in [0.2, 0.25) is 0 Å². The Morgan fingerprint density at radius 1 is 1.11 bits per heavy atom. The molecule has 0 saturated carbocycles. The summed E-state index contributed by atoms with van der Waals surface area (Å²) in [4.78, 5) is 33.2. The molecule has 4 atom stereocenters. The highest BCUT2D eigenvalue weighted by Gasteiger charge is 2.51. The molecule has 5 aliphatic rings. The minimum atomic E-state index is -0.661. The summed E-state index contributed by atoms with van der Waals surface area (Å²) in [6.07, 6.45) is 11.5. The maximum atomic E-state index is 17.0. The van der Waals surface area contributed by atoms with E-state index in [1.54, 1.807) is 29.3 Å². The van der Waals surface area contributed by atoms with Crippen molar-refractivity contribution in [1.29, 1.82) is 0 Å². The first kappa shape index (κ1) is 33.9. The van der Waals surface area contributed by atoms with Crippen molar-refractivity contribution in [1.82, 2.24) is 30.1 Å². The van der Waals surface area contributed by atoms with Gasteiger partial charge < -0.3 is 29.3 Å². The molecule has 4 aromatic rings. The summed E-state index contributed by atoms with van der Waals surface area (Å²) >= 11 is 0. The lowest BCUT2D eigenvalue weighted by Crippen LogP contribution is -2.51. The number of pyridine rings is 1. The molecule has 0 spiro atoms. The van der Waals surface area contributed by atoms with E-state index in [9.17, 15) is 9.18 Å². The molecule has 0 aliphatic carbocycles. The smallest absolute Gasteiger partial charge is 0.409 e. The molecule has 5 fully saturated rings. The van der Waals surface area contributed by atoms with Crippen LogP contribution in [-0.4, -0.2) is 114 Å². The maximum Gasteiger partial charge on any atom is 0.409 e. The van der Waals surface area contributed by atoms with Crippen molar-refractivity contribution < 1.29 is 27.8 Å². The Labute approximate surface area is 306 Å². The third-order valence-electron chi connectivity index (χ3n) is 11.7. The number of ether oxygens (including phenoxy) is 3. The highest BCUT2D eigenvalue weighted by molar-refractivity contribution is 6.02. The second kappa shape index (κ2) is 13.5. The number of amides is 1. The van der Waals surface area contributed by atoms with Gasteiger partial charge in [-0.1, -0.05) is 42.3 Å². The quantitative estimate of drug-likeness (QED) is 0.206. The average Bonchev–Trinajstić information content (AvgIpc) is 3.81. The van der Waals surface area contributed by atoms with Gasteiger partial charge in [0.25, 0.3) is 0 Å². The van der Waals surface area contributed by atoms with Gasteiger partial charge in [0.05, 0.1) is 29.7 Å². The molecule has 0 radical (unpaired) electrons. The van der Waals surface area contributed by atoms with Gasteiger partial charge in [0.15, 0.2) is 5.82 Å². The number of carbonyl (C=O) groups excluding carboxylic acids is 1. The van der Waals surface area contributed by atoms with E-state index in [0.717, 1.165) is 37.7 Å². The number of hydrogen-bond acceptors (Lipinski definition) is 10. The molecule has 9 rings (SSSR count). The summed E-state index contributed by atoms with van der Waals surface area (Å²) in [5.41, 5.74) is 1.21. The van der Waals surface area contributed by atoms with Crippen LogP contribution in [0.15, 0.2) is 48.7 Å². The highest BCUT2D eigenvalue weighted by Crippen LogP contribution is 2.45. The molecule has 53 heavy (non-hydrogen) atoms. The van der Waals surface area contributed by atoms with Crippen LogP contribution in [0.1, 0.15) is 37.7 Å². The zero-order valence-corrected chi connectivity index (χ0v) is 29.5. The predicted molar refractivity (Wildman–Crippen MR) is 196 cm³/mol. The SMILES string of the molecule is C#Cc1c(F)ccc2cccc(-c3ncc4c(N5C[C@H]6CC[C@@H](C5)N6)nc(OC[C@@]56CC[C@@H](COC(=O)N7CCOCC7)N5CC(=C)C6)nc4c3F)c12. The van der Waals surface area contributed by atoms with Gasteiger partial charge in [0.1, 0.15) is 36.1 Å². The number of fused-ring (bicyclic) bond motifs is 5. The molecule has 5 saturated heterocycles. The topological polar surface area (TPSA) is 105 Å². The molecule has 7 heterocycles. The first-order valence-electron chi connectivity index (χ1n) is 18.4. The second-order valence-corrected chi connectivity index (χ2v) is 15.0. The third kappa shape index (κ3) is 6.02. The van der Waals surface area contributed by atoms with E-state index in [1.165, 1.54) is 6.07 Å². The average molecular weight is 722 g/mol. The van der Waals surface area contributed by atoms with Gasteiger partial charge in [-0.15, -0.1) is 6.42 Å². The van der Waals surface area contributed by atoms with Gasteiger partial charge in [-0.3, -0.25) is 9.88 Å². The van der Waals surface area contributed by atoms with E-state index >= 15 is 4.39 Å². The molecular weight excluding hydrogens is 680 g/mol. The Hall–Kier alpha value is -4.90. The number of nitrogens with one attached hydrogen (secondary N) is 1. The standard InChI is InChI=1S/C40H41F2N7O4/c1-3-29-32(41)10-7-25-5-4-6-30(33(25)29)35-34(42)36-31(18-43-35)37(48-20-26-8-9-27(21-48)44-26)46-38(45-36)53-23-40-12-11-28(49(40)19-24(2)17-40)22-52-39(50)47-13-15-51-16-14-47/h1,4-7,10,18,26-28,44H,2,8-9,11-17,19-23H2/t26-,27+,28-,40-/m0/s1. The van der Waals surface area contributed by atoms with Crippen molar-refractivity contribution >= 4 is 33.6 Å². The van der Waals surface area contributed by atoms with E-state index < -0.39 is 11.6 Å². The van der Waals surface area contributed by atoms with Gasteiger partial charge in [-0.25, -0.2) is 13.6 Å². The van der Waals surface area contributed by atoms with Crippen molar-refractivity contribution in [3.05, 3.63) is 65.9 Å². The number of piperazine rings is 1. The van der Waals surface area contributed by atoms with Crippen LogP contribution in [0.25, 0.3) is 32.9 Å². The number of carbonyl (C=O) groups is 1. The monoisotopic (exact) mass is 721 g/mol. The number of morpholine rings is 1. The van der Waals surface area contributed by atoms with E-state index in [1.807, 2.05) is 6.07 Å². The number of halogens is 2. The summed E-state index contributed by atoms with van der Waals surface area (Å²) < 4.78 is 49.6. The van der Waals surface area contributed by atoms with E-state index in [2.05, 4.69) is 32.6 Å². The molecule has 1 amide bonds. The Morgan fingerprint density at radius 2 is 1.92 bits per heavy atom. The number of aromatic nitrogens is 3. The molecule has 11 nitrogen and oxygen atoms in total. The minimum Gasteiger partial charge on any atom is -0.461 e. The molecule has 2 bridgehead atoms. The van der Waals surface area contributed by atoms with Gasteiger partial charge in [-0.05, 0) is 43.6 Å². The molecule has 5 aliphatic heterocycles. The third-order valence-corrected chi connectivity index (χ3v) is 11.7. The van der Waals surface area contributed by atoms with Crippen LogP contribution in [0.4, 0.5) is 19.4 Å². The minimum absolute atomic E-state index is 0.0109. The van der Waals surface area contributed by atoms with Crippen LogP contribution in [-0.2, 0) is 9.47 Å².